The number of hydrogen-bond acceptors (Lipinski definition) is 2. The summed E-state index contributed by atoms with van der Waals surface area (Å²) in [6.07, 6.45) is 6.36. The minimum atomic E-state index is -0.809. The molecule has 2 bridgehead atoms. The van der Waals surface area contributed by atoms with E-state index < -0.39 is 5.41 Å². The summed E-state index contributed by atoms with van der Waals surface area (Å²) in [4.78, 5) is 13.5. The fourth-order valence-electron chi connectivity index (χ4n) is 4.59. The van der Waals surface area contributed by atoms with Crippen molar-refractivity contribution in [3.8, 4) is 0 Å². The fourth-order valence-corrected chi connectivity index (χ4v) is 4.59. The van der Waals surface area contributed by atoms with Gasteiger partial charge in [0.15, 0.2) is 0 Å². The van der Waals surface area contributed by atoms with E-state index in [1.54, 1.807) is 0 Å². The van der Waals surface area contributed by atoms with Gasteiger partial charge in [0, 0.05) is 12.8 Å². The van der Waals surface area contributed by atoms with Crippen LogP contribution >= 0.6 is 0 Å². The number of ether oxygens (including phenoxy) is 1. The first-order valence-corrected chi connectivity index (χ1v) is 9.76. The van der Waals surface area contributed by atoms with Crippen LogP contribution in [-0.2, 0) is 14.9 Å². The summed E-state index contributed by atoms with van der Waals surface area (Å²) in [6, 6.07) is 20.8. The molecule has 2 aliphatic rings. The van der Waals surface area contributed by atoms with Gasteiger partial charge in [-0.1, -0.05) is 60.7 Å². The van der Waals surface area contributed by atoms with Gasteiger partial charge in [-0.15, -0.1) is 0 Å². The Labute approximate surface area is 161 Å². The Morgan fingerprint density at radius 3 is 1.78 bits per heavy atom. The van der Waals surface area contributed by atoms with Crippen LogP contribution in [0.1, 0.15) is 30.9 Å². The van der Waals surface area contributed by atoms with E-state index in [1.165, 1.54) is 0 Å². The van der Waals surface area contributed by atoms with Gasteiger partial charge in [0.2, 0.25) is 0 Å². The van der Waals surface area contributed by atoms with Gasteiger partial charge in [0.1, 0.15) is 23.6 Å². The van der Waals surface area contributed by atoms with Gasteiger partial charge in [0.25, 0.3) is 0 Å². The molecule has 4 rings (SSSR count). The van der Waals surface area contributed by atoms with Crippen molar-refractivity contribution in [2.24, 2.45) is 0 Å². The molecule has 2 aromatic carbocycles. The molecule has 3 heteroatoms. The number of piperidine rings is 1. The van der Waals surface area contributed by atoms with Gasteiger partial charge in [0.05, 0.1) is 14.1 Å². The Balaban J connectivity index is 1.61. The number of carbonyl (C=O) groups excluding carboxylic acids is 1. The first-order chi connectivity index (χ1) is 12.9. The average Bonchev–Trinajstić information content (AvgIpc) is 2.86. The Morgan fingerprint density at radius 2 is 1.33 bits per heavy atom. The highest BCUT2D eigenvalue weighted by molar-refractivity contribution is 5.87. The van der Waals surface area contributed by atoms with Crippen molar-refractivity contribution in [1.82, 2.24) is 0 Å². The molecule has 0 N–H and O–H groups in total. The minimum Gasteiger partial charge on any atom is -0.461 e. The molecule has 2 heterocycles. The summed E-state index contributed by atoms with van der Waals surface area (Å²) in [6.45, 7) is 1.98. The van der Waals surface area contributed by atoms with Crippen LogP contribution in [0.15, 0.2) is 72.8 Å². The summed E-state index contributed by atoms with van der Waals surface area (Å²) >= 11 is 0. The lowest BCUT2D eigenvalue weighted by Gasteiger charge is -2.44. The molecule has 2 aliphatic heterocycles. The Morgan fingerprint density at radius 1 is 0.889 bits per heavy atom. The maximum atomic E-state index is 13.5. The molecule has 0 saturated carbocycles. The highest BCUT2D eigenvalue weighted by atomic mass is 16.5. The van der Waals surface area contributed by atoms with Crippen LogP contribution in [0.5, 0.6) is 0 Å². The highest BCUT2D eigenvalue weighted by Crippen LogP contribution is 2.38. The molecule has 0 amide bonds. The van der Waals surface area contributed by atoms with Crippen LogP contribution in [0.2, 0.25) is 0 Å². The summed E-state index contributed by atoms with van der Waals surface area (Å²) < 4.78 is 7.13. The summed E-state index contributed by atoms with van der Waals surface area (Å²) in [5.41, 5.74) is 1.13. The van der Waals surface area contributed by atoms with Crippen LogP contribution in [0, 0.1) is 0 Å². The quantitative estimate of drug-likeness (QED) is 0.465. The second-order valence-corrected chi connectivity index (χ2v) is 8.50. The lowest BCUT2D eigenvalue weighted by molar-refractivity contribution is -0.926. The molecule has 1 fully saturated rings. The van der Waals surface area contributed by atoms with E-state index in [9.17, 15) is 4.79 Å². The molecule has 0 spiro atoms. The molecule has 3 nitrogen and oxygen atoms in total. The summed E-state index contributed by atoms with van der Waals surface area (Å²) in [5, 5.41) is 0. The molecule has 1 unspecified atom stereocenters. The van der Waals surface area contributed by atoms with Crippen molar-refractivity contribution in [1.29, 1.82) is 0 Å². The molecule has 140 valence electrons. The van der Waals surface area contributed by atoms with Gasteiger partial charge in [-0.3, -0.25) is 4.79 Å². The van der Waals surface area contributed by atoms with Crippen LogP contribution in [0.3, 0.4) is 0 Å². The van der Waals surface area contributed by atoms with E-state index in [1.807, 2.05) is 67.6 Å². The predicted molar refractivity (Wildman–Crippen MR) is 107 cm³/mol. The van der Waals surface area contributed by atoms with Crippen molar-refractivity contribution < 1.29 is 14.0 Å². The van der Waals surface area contributed by atoms with E-state index in [-0.39, 0.29) is 12.1 Å². The number of nitrogens with zero attached hydrogens (tertiary/aromatic N) is 1. The zero-order chi connectivity index (χ0) is 19.1. The topological polar surface area (TPSA) is 26.3 Å². The number of fused-ring (bicyclic) bond motifs is 2. The van der Waals surface area contributed by atoms with Crippen LogP contribution < -0.4 is 0 Å². The highest BCUT2D eigenvalue weighted by Gasteiger charge is 2.48. The number of carbonyl (C=O) groups is 1. The first kappa shape index (κ1) is 18.0. The van der Waals surface area contributed by atoms with E-state index in [2.05, 4.69) is 26.2 Å². The smallest absolute Gasteiger partial charge is 0.321 e. The third-order valence-corrected chi connectivity index (χ3v) is 6.66. The van der Waals surface area contributed by atoms with Crippen LogP contribution in [0.25, 0.3) is 0 Å². The van der Waals surface area contributed by atoms with E-state index in [0.29, 0.717) is 12.1 Å². The van der Waals surface area contributed by atoms with Crippen LogP contribution in [-0.4, -0.2) is 42.7 Å². The normalized spacial score (nSPS) is 26.0. The zero-order valence-electron chi connectivity index (χ0n) is 16.3. The van der Waals surface area contributed by atoms with Crippen LogP contribution in [0.4, 0.5) is 0 Å². The number of hydrogen-bond donors (Lipinski definition) is 0. The number of benzene rings is 2. The van der Waals surface area contributed by atoms with Crippen molar-refractivity contribution in [2.75, 3.05) is 14.1 Å². The lowest BCUT2D eigenvalue weighted by Crippen LogP contribution is -2.57. The largest absolute Gasteiger partial charge is 0.461 e. The second kappa shape index (κ2) is 6.65. The maximum absolute atomic E-state index is 13.5. The molecule has 1 saturated heterocycles. The van der Waals surface area contributed by atoms with Gasteiger partial charge < -0.3 is 9.22 Å². The Kier molecular flexibility index (Phi) is 4.43. The van der Waals surface area contributed by atoms with Gasteiger partial charge in [-0.2, -0.15) is 0 Å². The fraction of sp³-hybridized carbons (Fsp3) is 0.375. The number of quaternary nitrogens is 1. The van der Waals surface area contributed by atoms with Gasteiger partial charge >= 0.3 is 5.97 Å². The van der Waals surface area contributed by atoms with Gasteiger partial charge in [-0.25, -0.2) is 0 Å². The maximum Gasteiger partial charge on any atom is 0.321 e. The monoisotopic (exact) mass is 362 g/mol. The predicted octanol–water partition coefficient (Wildman–Crippen LogP) is 4.08. The summed E-state index contributed by atoms with van der Waals surface area (Å²) in [5.74, 6) is -0.156. The Bertz CT molecular complexity index is 784. The number of esters is 1. The summed E-state index contributed by atoms with van der Waals surface area (Å²) in [7, 11) is 4.54. The SMILES string of the molecule is CC(C(=O)OC1C[C@H]2C=C[C@@H](C1)[N+]2(C)C)(c1ccccc1)c1ccccc1. The minimum absolute atomic E-state index is 0.0274. The van der Waals surface area contributed by atoms with Crippen molar-refractivity contribution in [2.45, 2.75) is 43.4 Å². The van der Waals surface area contributed by atoms with E-state index in [4.69, 9.17) is 4.74 Å². The molecular weight excluding hydrogens is 334 g/mol. The average molecular weight is 362 g/mol. The number of likely N-dealkylation sites (N-methyl/N-ethyl adjacent to an activating group) is 1. The van der Waals surface area contributed by atoms with Gasteiger partial charge in [-0.05, 0) is 30.2 Å². The molecule has 3 atom stereocenters. The van der Waals surface area contributed by atoms with Crippen molar-refractivity contribution in [3.63, 3.8) is 0 Å². The molecule has 0 aliphatic carbocycles. The molecule has 0 aromatic heterocycles. The molecule has 0 radical (unpaired) electrons. The second-order valence-electron chi connectivity index (χ2n) is 8.50. The van der Waals surface area contributed by atoms with Crippen molar-refractivity contribution in [3.05, 3.63) is 83.9 Å². The lowest BCUT2D eigenvalue weighted by atomic mass is 9.76. The molecule has 27 heavy (non-hydrogen) atoms. The Hall–Kier alpha value is -2.39. The molecular formula is C24H28NO2+. The van der Waals surface area contributed by atoms with E-state index >= 15 is 0 Å². The first-order valence-electron chi connectivity index (χ1n) is 9.76. The van der Waals surface area contributed by atoms with E-state index in [0.717, 1.165) is 28.5 Å². The third-order valence-electron chi connectivity index (χ3n) is 6.66. The standard InChI is InChI=1S/C24H28NO2/c1-24(18-10-6-4-7-11-18,19-12-8-5-9-13-19)23(26)27-22-16-20-14-15-21(17-22)25(20,2)3/h4-15,20-22H,16-17H2,1-3H3/q+1/t20-,21+,22?. The van der Waals surface area contributed by atoms with Crippen molar-refractivity contribution >= 4 is 5.97 Å². The zero-order valence-corrected chi connectivity index (χ0v) is 16.3. The molecule has 2 aromatic rings. The third kappa shape index (κ3) is 3.00. The number of rotatable bonds is 4.